The first-order valence-electron chi connectivity index (χ1n) is 8.96. The SMILES string of the molecule is CCc1cc(CC)c(O)c(C(=O)O)c1.OOCc1cc2ccccc2cc1O.[Zn]. The molecule has 7 heteroatoms. The van der Waals surface area contributed by atoms with Crippen LogP contribution in [0.3, 0.4) is 0 Å². The molecule has 0 amide bonds. The minimum atomic E-state index is -1.08. The fourth-order valence-electron chi connectivity index (χ4n) is 2.86. The van der Waals surface area contributed by atoms with Crippen molar-refractivity contribution in [2.45, 2.75) is 33.3 Å². The molecule has 0 aliphatic heterocycles. The number of carbonyl (C=O) groups is 1. The first-order valence-corrected chi connectivity index (χ1v) is 8.96. The Labute approximate surface area is 182 Å². The Morgan fingerprint density at radius 2 is 1.55 bits per heavy atom. The van der Waals surface area contributed by atoms with Gasteiger partial charge in [0, 0.05) is 25.0 Å². The molecule has 0 saturated carbocycles. The van der Waals surface area contributed by atoms with Crippen molar-refractivity contribution in [3.05, 3.63) is 70.8 Å². The number of aryl methyl sites for hydroxylation is 2. The molecule has 0 fully saturated rings. The van der Waals surface area contributed by atoms with Crippen LogP contribution >= 0.6 is 0 Å². The van der Waals surface area contributed by atoms with E-state index < -0.39 is 5.97 Å². The normalized spacial score (nSPS) is 10.0. The van der Waals surface area contributed by atoms with Crippen LogP contribution in [0, 0.1) is 0 Å². The summed E-state index contributed by atoms with van der Waals surface area (Å²) in [5.41, 5.74) is 2.21. The zero-order valence-electron chi connectivity index (χ0n) is 16.6. The van der Waals surface area contributed by atoms with Gasteiger partial charge in [0.2, 0.25) is 0 Å². The van der Waals surface area contributed by atoms with Crippen LogP contribution in [-0.2, 0) is 43.8 Å². The number of aromatic carboxylic acids is 1. The van der Waals surface area contributed by atoms with Crippen LogP contribution in [0.5, 0.6) is 11.5 Å². The third-order valence-electron chi connectivity index (χ3n) is 4.44. The molecule has 29 heavy (non-hydrogen) atoms. The minimum absolute atomic E-state index is 0. The monoisotopic (exact) mass is 448 g/mol. The number of phenols is 2. The second-order valence-electron chi connectivity index (χ2n) is 6.26. The average molecular weight is 450 g/mol. The van der Waals surface area contributed by atoms with Crippen molar-refractivity contribution in [3.63, 3.8) is 0 Å². The molecule has 3 aromatic rings. The van der Waals surface area contributed by atoms with E-state index in [1.165, 1.54) is 6.07 Å². The van der Waals surface area contributed by atoms with Crippen LogP contribution in [0.2, 0.25) is 0 Å². The van der Waals surface area contributed by atoms with Crippen molar-refractivity contribution in [1.82, 2.24) is 0 Å². The van der Waals surface area contributed by atoms with Gasteiger partial charge in [-0.05, 0) is 52.9 Å². The summed E-state index contributed by atoms with van der Waals surface area (Å²) in [5, 5.41) is 38.3. The van der Waals surface area contributed by atoms with Crippen LogP contribution in [0.1, 0.15) is 40.9 Å². The van der Waals surface area contributed by atoms with Gasteiger partial charge < -0.3 is 15.3 Å². The smallest absolute Gasteiger partial charge is 0.339 e. The Kier molecular flexibility index (Phi) is 9.76. The molecule has 3 aromatic carbocycles. The predicted molar refractivity (Wildman–Crippen MR) is 107 cm³/mol. The average Bonchev–Trinajstić information content (AvgIpc) is 2.69. The molecule has 3 rings (SSSR count). The van der Waals surface area contributed by atoms with E-state index in [0.717, 1.165) is 22.8 Å². The van der Waals surface area contributed by atoms with Crippen molar-refractivity contribution in [2.75, 3.05) is 0 Å². The van der Waals surface area contributed by atoms with Crippen molar-refractivity contribution < 1.29 is 49.7 Å². The Bertz CT molecular complexity index is 971. The fraction of sp³-hybridized carbons (Fsp3) is 0.227. The molecular formula is C22H24O6Zn. The summed E-state index contributed by atoms with van der Waals surface area (Å²) < 4.78 is 0. The first kappa shape index (κ1) is 24.6. The third-order valence-corrected chi connectivity index (χ3v) is 4.44. The topological polar surface area (TPSA) is 107 Å². The molecule has 0 spiro atoms. The summed E-state index contributed by atoms with van der Waals surface area (Å²) in [6.45, 7) is 3.84. The number of fused-ring (bicyclic) bond motifs is 1. The quantitative estimate of drug-likeness (QED) is 0.254. The van der Waals surface area contributed by atoms with Gasteiger partial charge in [-0.25, -0.2) is 9.68 Å². The van der Waals surface area contributed by atoms with Gasteiger partial charge in [0.1, 0.15) is 23.7 Å². The van der Waals surface area contributed by atoms with Gasteiger partial charge in [-0.15, -0.1) is 0 Å². The zero-order valence-corrected chi connectivity index (χ0v) is 19.5. The molecule has 0 heterocycles. The van der Waals surface area contributed by atoms with Crippen LogP contribution < -0.4 is 0 Å². The molecule has 0 unspecified atom stereocenters. The summed E-state index contributed by atoms with van der Waals surface area (Å²) in [6.07, 6.45) is 1.41. The Morgan fingerprint density at radius 1 is 0.931 bits per heavy atom. The van der Waals surface area contributed by atoms with Gasteiger partial charge in [-0.3, -0.25) is 5.26 Å². The number of carboxylic acid groups (broad SMARTS) is 1. The number of benzene rings is 3. The molecule has 150 valence electrons. The molecule has 0 aliphatic carbocycles. The standard InChI is InChI=1S/C11H10O3.C11H14O3.Zn/c12-11-6-9-4-2-1-3-8(9)5-10(11)7-14-13;1-3-7-5-8(4-2)10(12)9(6-7)11(13)14;/h1-6,12-13H,7H2;5-6,12H,3-4H2,1-2H3,(H,13,14);. The van der Waals surface area contributed by atoms with Gasteiger partial charge in [0.05, 0.1) is 0 Å². The Balaban J connectivity index is 0.000000280. The number of phenolic OH excluding ortho intramolecular Hbond substituents is 1. The molecule has 0 aromatic heterocycles. The van der Waals surface area contributed by atoms with Crippen LogP contribution in [0.15, 0.2) is 48.5 Å². The summed E-state index contributed by atoms with van der Waals surface area (Å²) in [7, 11) is 0. The van der Waals surface area contributed by atoms with Gasteiger partial charge in [0.15, 0.2) is 0 Å². The number of rotatable bonds is 5. The summed E-state index contributed by atoms with van der Waals surface area (Å²) in [4.78, 5) is 14.8. The van der Waals surface area contributed by atoms with Crippen LogP contribution in [0.25, 0.3) is 10.8 Å². The van der Waals surface area contributed by atoms with E-state index in [9.17, 15) is 15.0 Å². The Morgan fingerprint density at radius 3 is 2.07 bits per heavy atom. The maximum Gasteiger partial charge on any atom is 0.339 e. The van der Waals surface area contributed by atoms with Crippen molar-refractivity contribution >= 4 is 16.7 Å². The van der Waals surface area contributed by atoms with E-state index in [4.69, 9.17) is 10.4 Å². The fourth-order valence-corrected chi connectivity index (χ4v) is 2.86. The van der Waals surface area contributed by atoms with Gasteiger partial charge in [0.25, 0.3) is 0 Å². The van der Waals surface area contributed by atoms with E-state index in [2.05, 4.69) is 4.89 Å². The molecule has 6 nitrogen and oxygen atoms in total. The largest absolute Gasteiger partial charge is 0.508 e. The molecule has 0 aliphatic rings. The zero-order chi connectivity index (χ0) is 20.7. The van der Waals surface area contributed by atoms with E-state index in [1.54, 1.807) is 12.1 Å². The number of aromatic hydroxyl groups is 2. The van der Waals surface area contributed by atoms with Crippen molar-refractivity contribution in [3.8, 4) is 11.5 Å². The maximum absolute atomic E-state index is 10.8. The summed E-state index contributed by atoms with van der Waals surface area (Å²) >= 11 is 0. The van der Waals surface area contributed by atoms with Crippen molar-refractivity contribution in [1.29, 1.82) is 0 Å². The second-order valence-corrected chi connectivity index (χ2v) is 6.26. The van der Waals surface area contributed by atoms with Crippen LogP contribution in [-0.4, -0.2) is 26.5 Å². The van der Waals surface area contributed by atoms with E-state index in [0.29, 0.717) is 17.5 Å². The second kappa shape index (κ2) is 11.5. The van der Waals surface area contributed by atoms with E-state index in [-0.39, 0.29) is 43.1 Å². The minimum Gasteiger partial charge on any atom is -0.508 e. The van der Waals surface area contributed by atoms with Gasteiger partial charge in [-0.1, -0.05) is 44.2 Å². The first-order chi connectivity index (χ1) is 13.4. The molecule has 0 atom stereocenters. The van der Waals surface area contributed by atoms with Gasteiger partial charge >= 0.3 is 5.97 Å². The molecule has 0 radical (unpaired) electrons. The predicted octanol–water partition coefficient (Wildman–Crippen LogP) is 4.75. The number of carboxylic acids is 1. The Hall–Kier alpha value is -2.47. The van der Waals surface area contributed by atoms with Crippen LogP contribution in [0.4, 0.5) is 0 Å². The maximum atomic E-state index is 10.8. The summed E-state index contributed by atoms with van der Waals surface area (Å²) in [5.74, 6) is -1.04. The number of hydrogen-bond acceptors (Lipinski definition) is 5. The molecule has 0 saturated heterocycles. The van der Waals surface area contributed by atoms with E-state index >= 15 is 0 Å². The molecule has 4 N–H and O–H groups in total. The molecular weight excluding hydrogens is 426 g/mol. The van der Waals surface area contributed by atoms with Gasteiger partial charge in [-0.2, -0.15) is 0 Å². The van der Waals surface area contributed by atoms with E-state index in [1.807, 2.05) is 44.2 Å². The summed E-state index contributed by atoms with van der Waals surface area (Å²) in [6, 6.07) is 14.5. The van der Waals surface area contributed by atoms with Crippen molar-refractivity contribution in [2.24, 2.45) is 0 Å². The molecule has 0 bridgehead atoms. The third kappa shape index (κ3) is 6.26. The number of hydrogen-bond donors (Lipinski definition) is 4.